The highest BCUT2D eigenvalue weighted by atomic mass is 16.6. The Labute approximate surface area is 269 Å². The number of aromatic hydroxyl groups is 1. The highest BCUT2D eigenvalue weighted by Crippen LogP contribution is 2.19. The number of ether oxygens (including phenoxy) is 1. The summed E-state index contributed by atoms with van der Waals surface area (Å²) in [4.78, 5) is 55.4. The average molecular weight is 638 g/mol. The first kappa shape index (κ1) is 31.1. The molecule has 4 heterocycles. The SMILES string of the molecule is Cc1cccc(Nc2cc(=Nc3cccc(C(=O)N4CCN(C(=O)OC(C)(C)C)CC4)c3)n3ncc(=Cc4[nH]c(=O)[nH]c4O)c3n2)c1. The average Bonchev–Trinajstić information content (AvgIpc) is 3.57. The number of hydrogen-bond acceptors (Lipinski definition) is 9. The van der Waals surface area contributed by atoms with Gasteiger partial charge in [-0.2, -0.15) is 9.61 Å². The van der Waals surface area contributed by atoms with E-state index in [0.29, 0.717) is 59.6 Å². The van der Waals surface area contributed by atoms with E-state index in [1.54, 1.807) is 56.9 Å². The Balaban J connectivity index is 1.33. The van der Waals surface area contributed by atoms with Crippen LogP contribution in [0.5, 0.6) is 5.88 Å². The van der Waals surface area contributed by atoms with E-state index in [-0.39, 0.29) is 23.6 Å². The Hall–Kier alpha value is -5.92. The van der Waals surface area contributed by atoms with E-state index in [1.165, 1.54) is 0 Å². The van der Waals surface area contributed by atoms with Crippen molar-refractivity contribution in [1.29, 1.82) is 0 Å². The minimum absolute atomic E-state index is 0.163. The molecule has 6 rings (SSSR count). The molecule has 0 spiro atoms. The fraction of sp³-hybridized carbons (Fsp3) is 0.273. The van der Waals surface area contributed by atoms with Crippen LogP contribution in [-0.2, 0) is 4.74 Å². The molecule has 3 aromatic heterocycles. The summed E-state index contributed by atoms with van der Waals surface area (Å²) in [5.74, 6) is 0.0174. The van der Waals surface area contributed by atoms with Crippen molar-refractivity contribution in [2.24, 2.45) is 4.99 Å². The Morgan fingerprint density at radius 3 is 2.47 bits per heavy atom. The molecule has 0 unspecified atom stereocenters. The summed E-state index contributed by atoms with van der Waals surface area (Å²) in [6.45, 7) is 8.98. The minimum atomic E-state index is -0.590. The number of amides is 2. The fourth-order valence-electron chi connectivity index (χ4n) is 5.17. The van der Waals surface area contributed by atoms with E-state index in [0.717, 1.165) is 11.3 Å². The number of imidazole rings is 1. The molecular weight excluding hydrogens is 602 g/mol. The van der Waals surface area contributed by atoms with Crippen molar-refractivity contribution in [2.45, 2.75) is 33.3 Å². The molecule has 0 bridgehead atoms. The molecule has 1 fully saturated rings. The van der Waals surface area contributed by atoms with Crippen LogP contribution in [0.25, 0.3) is 11.7 Å². The van der Waals surface area contributed by atoms with Crippen LogP contribution in [-0.4, -0.2) is 83.3 Å². The van der Waals surface area contributed by atoms with E-state index < -0.39 is 11.3 Å². The molecule has 1 aliphatic rings. The maximum atomic E-state index is 13.5. The second kappa shape index (κ2) is 12.5. The number of piperazine rings is 1. The second-order valence-electron chi connectivity index (χ2n) is 12.2. The van der Waals surface area contributed by atoms with E-state index in [2.05, 4.69) is 20.4 Å². The van der Waals surface area contributed by atoms with Crippen molar-refractivity contribution in [3.63, 3.8) is 0 Å². The van der Waals surface area contributed by atoms with E-state index in [1.807, 2.05) is 52.0 Å². The molecular formula is C33H35N9O5. The lowest BCUT2D eigenvalue weighted by molar-refractivity contribution is 0.0141. The number of aromatic amines is 2. The lowest BCUT2D eigenvalue weighted by Crippen LogP contribution is -2.51. The van der Waals surface area contributed by atoms with Gasteiger partial charge in [-0.1, -0.05) is 18.2 Å². The molecule has 1 saturated heterocycles. The predicted molar refractivity (Wildman–Crippen MR) is 175 cm³/mol. The molecule has 0 saturated carbocycles. The third-order valence-electron chi connectivity index (χ3n) is 7.36. The lowest BCUT2D eigenvalue weighted by Gasteiger charge is -2.35. The van der Waals surface area contributed by atoms with Crippen LogP contribution in [0.4, 0.5) is 22.0 Å². The summed E-state index contributed by atoms with van der Waals surface area (Å²) >= 11 is 0. The number of H-pyrrole nitrogens is 2. The van der Waals surface area contributed by atoms with E-state index in [4.69, 9.17) is 14.7 Å². The third kappa shape index (κ3) is 7.16. The molecule has 5 aromatic rings. The van der Waals surface area contributed by atoms with Crippen molar-refractivity contribution < 1.29 is 19.4 Å². The van der Waals surface area contributed by atoms with Crippen LogP contribution in [0.15, 0.2) is 70.6 Å². The topological polar surface area (TPSA) is 173 Å². The number of rotatable bonds is 5. The molecule has 4 N–H and O–H groups in total. The normalized spacial score (nSPS) is 14.6. The predicted octanol–water partition coefficient (Wildman–Crippen LogP) is 2.98. The van der Waals surface area contributed by atoms with Gasteiger partial charge in [0.1, 0.15) is 17.1 Å². The largest absolute Gasteiger partial charge is 0.493 e. The number of carbonyl (C=O) groups is 2. The van der Waals surface area contributed by atoms with Gasteiger partial charge in [0.25, 0.3) is 5.91 Å². The van der Waals surface area contributed by atoms with Crippen molar-refractivity contribution in [3.05, 3.63) is 98.8 Å². The Bertz CT molecular complexity index is 2150. The number of hydrogen-bond donors (Lipinski definition) is 4. The van der Waals surface area contributed by atoms with Gasteiger partial charge in [-0.05, 0) is 69.7 Å². The lowest BCUT2D eigenvalue weighted by atomic mass is 10.1. The van der Waals surface area contributed by atoms with Gasteiger partial charge in [0, 0.05) is 48.7 Å². The van der Waals surface area contributed by atoms with Crippen molar-refractivity contribution in [1.82, 2.24) is 34.4 Å². The Morgan fingerprint density at radius 1 is 1.02 bits per heavy atom. The number of fused-ring (bicyclic) bond motifs is 1. The Morgan fingerprint density at radius 2 is 1.77 bits per heavy atom. The van der Waals surface area contributed by atoms with Gasteiger partial charge >= 0.3 is 11.8 Å². The highest BCUT2D eigenvalue weighted by molar-refractivity contribution is 5.95. The van der Waals surface area contributed by atoms with Gasteiger partial charge < -0.3 is 29.9 Å². The van der Waals surface area contributed by atoms with E-state index >= 15 is 0 Å². The van der Waals surface area contributed by atoms with Crippen LogP contribution in [0.3, 0.4) is 0 Å². The van der Waals surface area contributed by atoms with Gasteiger partial charge in [0.2, 0.25) is 5.88 Å². The molecule has 47 heavy (non-hydrogen) atoms. The van der Waals surface area contributed by atoms with Crippen molar-refractivity contribution in [3.8, 4) is 5.88 Å². The second-order valence-corrected chi connectivity index (χ2v) is 12.2. The summed E-state index contributed by atoms with van der Waals surface area (Å²) in [7, 11) is 0. The maximum Gasteiger partial charge on any atom is 0.410 e. The first-order chi connectivity index (χ1) is 22.4. The Kier molecular flexibility index (Phi) is 8.24. The molecule has 14 heteroatoms. The maximum absolute atomic E-state index is 13.5. The first-order valence-corrected chi connectivity index (χ1v) is 15.1. The van der Waals surface area contributed by atoms with Gasteiger partial charge in [-0.15, -0.1) is 0 Å². The first-order valence-electron chi connectivity index (χ1n) is 15.1. The van der Waals surface area contributed by atoms with Gasteiger partial charge in [-0.3, -0.25) is 9.78 Å². The quantitative estimate of drug-likeness (QED) is 0.228. The number of anilines is 2. The molecule has 0 aliphatic carbocycles. The zero-order valence-corrected chi connectivity index (χ0v) is 26.4. The van der Waals surface area contributed by atoms with Gasteiger partial charge in [-0.25, -0.2) is 19.6 Å². The number of carbonyl (C=O) groups excluding carboxylic acids is 2. The molecule has 242 valence electrons. The zero-order valence-electron chi connectivity index (χ0n) is 26.4. The number of nitrogens with one attached hydrogen (secondary N) is 3. The molecule has 0 radical (unpaired) electrons. The highest BCUT2D eigenvalue weighted by Gasteiger charge is 2.28. The summed E-state index contributed by atoms with van der Waals surface area (Å²) in [5.41, 5.74) is 2.75. The standard InChI is InChI=1S/C33H35N9O5/c1-20-7-5-9-23(15-20)35-26-18-27(42-28(38-26)22(19-34-42)17-25-29(43)39-31(45)37-25)36-24-10-6-8-21(16-24)30(44)40-11-13-41(14-12-40)32(46)47-33(2,3)4/h5-10,15-19,35,43H,11-14H2,1-4H3,(H2,37,39,45). The molecule has 2 amide bonds. The van der Waals surface area contributed by atoms with Gasteiger partial charge in [0.05, 0.1) is 11.9 Å². The number of nitrogens with zero attached hydrogens (tertiary/aromatic N) is 6. The molecule has 1 aliphatic heterocycles. The van der Waals surface area contributed by atoms with Gasteiger partial charge in [0.15, 0.2) is 11.1 Å². The summed E-state index contributed by atoms with van der Waals surface area (Å²) in [6.07, 6.45) is 2.73. The third-order valence-corrected chi connectivity index (χ3v) is 7.36. The minimum Gasteiger partial charge on any atom is -0.493 e. The van der Waals surface area contributed by atoms with Crippen LogP contribution in [0, 0.1) is 6.92 Å². The van der Waals surface area contributed by atoms with Crippen LogP contribution >= 0.6 is 0 Å². The van der Waals surface area contributed by atoms with Crippen LogP contribution in [0.1, 0.15) is 42.4 Å². The number of aryl methyl sites for hydroxylation is 1. The number of benzene rings is 2. The van der Waals surface area contributed by atoms with Crippen LogP contribution in [0.2, 0.25) is 0 Å². The van der Waals surface area contributed by atoms with Crippen molar-refractivity contribution in [2.75, 3.05) is 31.5 Å². The van der Waals surface area contributed by atoms with E-state index in [9.17, 15) is 19.5 Å². The van der Waals surface area contributed by atoms with Crippen molar-refractivity contribution >= 4 is 40.9 Å². The zero-order chi connectivity index (χ0) is 33.3. The summed E-state index contributed by atoms with van der Waals surface area (Å²) < 4.78 is 7.01. The molecule has 2 aromatic carbocycles. The summed E-state index contributed by atoms with van der Waals surface area (Å²) in [5, 5.41) is 18.4. The smallest absolute Gasteiger partial charge is 0.410 e. The monoisotopic (exact) mass is 637 g/mol. The van der Waals surface area contributed by atoms with Crippen LogP contribution < -0.4 is 21.7 Å². The molecule has 0 atom stereocenters. The summed E-state index contributed by atoms with van der Waals surface area (Å²) in [6, 6.07) is 16.6. The fourth-order valence-corrected chi connectivity index (χ4v) is 5.17. The number of aromatic nitrogens is 5. The molecule has 14 nitrogen and oxygen atoms in total.